The largest absolute Gasteiger partial charge is 0.361 e. The summed E-state index contributed by atoms with van der Waals surface area (Å²) < 4.78 is 0. The number of rotatable bonds is 2. The van der Waals surface area contributed by atoms with Crippen LogP contribution in [0.15, 0.2) is 54.3 Å². The third-order valence-corrected chi connectivity index (χ3v) is 4.19. The number of imide groups is 1. The highest BCUT2D eigenvalue weighted by Gasteiger charge is 2.43. The summed E-state index contributed by atoms with van der Waals surface area (Å²) in [5, 5.41) is 10.4. The lowest BCUT2D eigenvalue weighted by Gasteiger charge is -2.38. The quantitative estimate of drug-likeness (QED) is 0.496. The second kappa shape index (κ2) is 6.24. The Morgan fingerprint density at radius 2 is 1.96 bits per heavy atom. The predicted molar refractivity (Wildman–Crippen MR) is 87.4 cm³/mol. The van der Waals surface area contributed by atoms with Crippen molar-refractivity contribution >= 4 is 29.3 Å². The second-order valence-corrected chi connectivity index (χ2v) is 5.73. The number of piperidine rings is 1. The molecule has 2 amide bonds. The summed E-state index contributed by atoms with van der Waals surface area (Å²) in [4.78, 5) is 26.4. The van der Waals surface area contributed by atoms with Crippen molar-refractivity contribution in [2.75, 3.05) is 6.54 Å². The van der Waals surface area contributed by atoms with Crippen LogP contribution in [0.5, 0.6) is 0 Å². The number of amides is 2. The third kappa shape index (κ3) is 2.84. The van der Waals surface area contributed by atoms with Gasteiger partial charge in [0.25, 0.3) is 11.8 Å². The van der Waals surface area contributed by atoms with Crippen LogP contribution in [0.2, 0.25) is 5.02 Å². The number of halogens is 1. The number of carbonyl (C=O) groups is 2. The minimum absolute atomic E-state index is 0.139. The highest BCUT2D eigenvalue weighted by atomic mass is 35.5. The van der Waals surface area contributed by atoms with Gasteiger partial charge in [0.2, 0.25) is 0 Å². The van der Waals surface area contributed by atoms with Gasteiger partial charge in [0, 0.05) is 17.8 Å². The summed E-state index contributed by atoms with van der Waals surface area (Å²) in [7, 11) is 0. The van der Waals surface area contributed by atoms with E-state index in [1.165, 1.54) is 0 Å². The molecule has 0 spiro atoms. The van der Waals surface area contributed by atoms with Gasteiger partial charge in [0.15, 0.2) is 0 Å². The van der Waals surface area contributed by atoms with E-state index in [2.05, 4.69) is 11.2 Å². The van der Waals surface area contributed by atoms with Gasteiger partial charge < -0.3 is 4.90 Å². The summed E-state index contributed by atoms with van der Waals surface area (Å²) in [5.41, 5.74) is 0.889. The summed E-state index contributed by atoms with van der Waals surface area (Å²) >= 11 is 5.93. The zero-order valence-electron chi connectivity index (χ0n) is 12.1. The first-order valence-electron chi connectivity index (χ1n) is 7.11. The summed E-state index contributed by atoms with van der Waals surface area (Å²) in [6.45, 7) is 0.554. The molecule has 0 radical (unpaired) electrons. The number of hydrogen-bond donors (Lipinski definition) is 2. The molecule has 2 unspecified atom stereocenters. The molecule has 2 aliphatic rings. The highest BCUT2D eigenvalue weighted by Crippen LogP contribution is 2.34. The summed E-state index contributed by atoms with van der Waals surface area (Å²) in [5.74, 6) is 0.688. The highest BCUT2D eigenvalue weighted by molar-refractivity contribution is 6.30. The van der Waals surface area contributed by atoms with Gasteiger partial charge in [0.05, 0.1) is 11.5 Å². The SMILES string of the molecule is N=C=C1C(=O)NC(=O)C(N2C=CC=CC2)C1c1ccc(Cl)cc1. The molecule has 1 aromatic rings. The lowest BCUT2D eigenvalue weighted by molar-refractivity contribution is -0.134. The number of hydrogen-bond acceptors (Lipinski definition) is 4. The number of allylic oxidation sites excluding steroid dienone is 2. The molecular formula is C17H14ClN3O2. The maximum atomic E-state index is 12.5. The molecule has 1 aromatic carbocycles. The number of nitrogens with zero attached hydrogens (tertiary/aromatic N) is 1. The van der Waals surface area contributed by atoms with Gasteiger partial charge in [-0.25, -0.2) is 0 Å². The minimum atomic E-state index is -0.622. The molecular weight excluding hydrogens is 314 g/mol. The summed E-state index contributed by atoms with van der Waals surface area (Å²) in [6, 6.07) is 6.33. The lowest BCUT2D eigenvalue weighted by atomic mass is 9.81. The van der Waals surface area contributed by atoms with Crippen LogP contribution in [-0.2, 0) is 9.59 Å². The van der Waals surface area contributed by atoms with Crippen molar-refractivity contribution < 1.29 is 9.59 Å². The molecule has 0 saturated carbocycles. The number of benzene rings is 1. The molecule has 116 valence electrons. The molecule has 2 N–H and O–H groups in total. The van der Waals surface area contributed by atoms with Crippen molar-refractivity contribution in [1.82, 2.24) is 10.2 Å². The van der Waals surface area contributed by atoms with Crippen LogP contribution in [0.4, 0.5) is 0 Å². The van der Waals surface area contributed by atoms with Crippen molar-refractivity contribution in [2.24, 2.45) is 0 Å². The van der Waals surface area contributed by atoms with Crippen LogP contribution in [0.3, 0.4) is 0 Å². The molecule has 2 atom stereocenters. The van der Waals surface area contributed by atoms with Crippen LogP contribution in [-0.4, -0.2) is 35.2 Å². The number of carbonyl (C=O) groups excluding carboxylic acids is 2. The average molecular weight is 328 g/mol. The van der Waals surface area contributed by atoms with Gasteiger partial charge in [-0.15, -0.1) is 0 Å². The van der Waals surface area contributed by atoms with Crippen molar-refractivity contribution in [3.63, 3.8) is 0 Å². The van der Waals surface area contributed by atoms with Crippen molar-refractivity contribution in [2.45, 2.75) is 12.0 Å². The zero-order valence-corrected chi connectivity index (χ0v) is 12.9. The van der Waals surface area contributed by atoms with E-state index in [-0.39, 0.29) is 11.5 Å². The van der Waals surface area contributed by atoms with Gasteiger partial charge in [-0.1, -0.05) is 35.9 Å². The fraction of sp³-hybridized carbons (Fsp3) is 0.176. The Morgan fingerprint density at radius 3 is 2.57 bits per heavy atom. The maximum Gasteiger partial charge on any atom is 0.263 e. The molecule has 0 aromatic heterocycles. The van der Waals surface area contributed by atoms with Crippen molar-refractivity contribution in [3.05, 3.63) is 64.9 Å². The number of nitrogens with one attached hydrogen (secondary N) is 2. The first-order valence-corrected chi connectivity index (χ1v) is 7.49. The van der Waals surface area contributed by atoms with Crippen LogP contribution >= 0.6 is 11.6 Å². The molecule has 2 aliphatic heterocycles. The second-order valence-electron chi connectivity index (χ2n) is 5.30. The third-order valence-electron chi connectivity index (χ3n) is 3.94. The first kappa shape index (κ1) is 15.3. The normalized spacial score (nSPS) is 23.7. The Labute approximate surface area is 138 Å². The van der Waals surface area contributed by atoms with E-state index in [1.54, 1.807) is 24.3 Å². The van der Waals surface area contributed by atoms with Gasteiger partial charge in [0.1, 0.15) is 6.04 Å². The van der Waals surface area contributed by atoms with Gasteiger partial charge in [-0.2, -0.15) is 0 Å². The Balaban J connectivity index is 2.09. The van der Waals surface area contributed by atoms with Gasteiger partial charge in [-0.05, 0) is 29.6 Å². The molecule has 2 heterocycles. The molecule has 5 nitrogen and oxygen atoms in total. The average Bonchev–Trinajstić information content (AvgIpc) is 2.56. The zero-order chi connectivity index (χ0) is 16.4. The Kier molecular flexibility index (Phi) is 4.15. The van der Waals surface area contributed by atoms with Gasteiger partial charge >= 0.3 is 0 Å². The molecule has 0 bridgehead atoms. The Bertz CT molecular complexity index is 761. The maximum absolute atomic E-state index is 12.5. The fourth-order valence-corrected chi connectivity index (χ4v) is 3.01. The van der Waals surface area contributed by atoms with E-state index in [9.17, 15) is 9.59 Å². The molecule has 3 rings (SSSR count). The van der Waals surface area contributed by atoms with Crippen LogP contribution in [0.25, 0.3) is 0 Å². The monoisotopic (exact) mass is 327 g/mol. The Hall–Kier alpha value is -2.62. The lowest BCUT2D eigenvalue weighted by Crippen LogP contribution is -2.56. The fourth-order valence-electron chi connectivity index (χ4n) is 2.89. The van der Waals surface area contributed by atoms with Crippen LogP contribution in [0, 0.1) is 5.41 Å². The standard InChI is InChI=1S/C17H14ClN3O2/c18-12-6-4-11(5-7-12)14-13(10-19)16(22)20-17(23)15(14)21-8-2-1-3-9-21/h1-8,14-15,19H,9H2,(H,20,22,23). The predicted octanol–water partition coefficient (Wildman–Crippen LogP) is 2.01. The van der Waals surface area contributed by atoms with E-state index in [1.807, 2.05) is 29.3 Å². The Morgan fingerprint density at radius 1 is 1.22 bits per heavy atom. The topological polar surface area (TPSA) is 73.3 Å². The smallest absolute Gasteiger partial charge is 0.263 e. The van der Waals surface area contributed by atoms with Crippen molar-refractivity contribution in [1.29, 1.82) is 5.41 Å². The molecule has 23 heavy (non-hydrogen) atoms. The molecule has 1 fully saturated rings. The van der Waals surface area contributed by atoms with Crippen LogP contribution in [0.1, 0.15) is 11.5 Å². The minimum Gasteiger partial charge on any atom is -0.361 e. The summed E-state index contributed by atoms with van der Waals surface area (Å²) in [6.07, 6.45) is 7.47. The van der Waals surface area contributed by atoms with E-state index < -0.39 is 17.9 Å². The molecule has 0 aliphatic carbocycles. The first-order chi connectivity index (χ1) is 11.1. The van der Waals surface area contributed by atoms with E-state index in [0.717, 1.165) is 5.56 Å². The van der Waals surface area contributed by atoms with E-state index >= 15 is 0 Å². The van der Waals surface area contributed by atoms with Crippen LogP contribution < -0.4 is 5.32 Å². The van der Waals surface area contributed by atoms with E-state index in [4.69, 9.17) is 17.0 Å². The van der Waals surface area contributed by atoms with Crippen molar-refractivity contribution in [3.8, 4) is 0 Å². The van der Waals surface area contributed by atoms with E-state index in [0.29, 0.717) is 11.6 Å². The van der Waals surface area contributed by atoms with Gasteiger partial charge in [-0.3, -0.25) is 20.3 Å². The molecule has 1 saturated heterocycles. The molecule has 6 heteroatoms.